The first-order valence-electron chi connectivity index (χ1n) is 6.96. The molecule has 0 unspecified atom stereocenters. The van der Waals surface area contributed by atoms with E-state index in [2.05, 4.69) is 0 Å². The molecule has 0 saturated carbocycles. The number of anilines is 1. The van der Waals surface area contributed by atoms with Gasteiger partial charge in [-0.1, -0.05) is 6.07 Å². The van der Waals surface area contributed by atoms with Crippen molar-refractivity contribution in [3.05, 3.63) is 23.8 Å². The fraction of sp³-hybridized carbons (Fsp3) is 0.467. The molecule has 0 aromatic heterocycles. The van der Waals surface area contributed by atoms with Gasteiger partial charge in [0.1, 0.15) is 5.75 Å². The molecule has 1 saturated heterocycles. The van der Waals surface area contributed by atoms with Crippen molar-refractivity contribution in [3.8, 4) is 5.75 Å². The third-order valence-electron chi connectivity index (χ3n) is 3.63. The number of piperazine rings is 1. The van der Waals surface area contributed by atoms with Crippen LogP contribution in [-0.4, -0.2) is 47.9 Å². The van der Waals surface area contributed by atoms with Crippen LogP contribution in [0.4, 0.5) is 5.69 Å². The molecule has 1 fully saturated rings. The Morgan fingerprint density at radius 3 is 2.52 bits per heavy atom. The standard InChI is InChI=1S/C15H21N3O3/c1-10(2)18-7-6-17(14(19)15(18)20)9-11-4-5-13(21-3)12(16)8-11/h4-5,8,10H,6-7,9,16H2,1-3H3. The van der Waals surface area contributed by atoms with E-state index in [4.69, 9.17) is 10.5 Å². The molecule has 2 amide bonds. The molecule has 2 rings (SSSR count). The minimum absolute atomic E-state index is 0.0419. The van der Waals surface area contributed by atoms with Crippen molar-refractivity contribution in [2.75, 3.05) is 25.9 Å². The van der Waals surface area contributed by atoms with Crippen molar-refractivity contribution in [2.45, 2.75) is 26.4 Å². The molecule has 21 heavy (non-hydrogen) atoms. The van der Waals surface area contributed by atoms with Gasteiger partial charge in [-0.05, 0) is 31.5 Å². The molecule has 1 aromatic carbocycles. The maximum Gasteiger partial charge on any atom is 0.312 e. The molecule has 6 heteroatoms. The van der Waals surface area contributed by atoms with Crippen LogP contribution in [0.15, 0.2) is 18.2 Å². The molecule has 114 valence electrons. The molecule has 0 spiro atoms. The Labute approximate surface area is 124 Å². The average molecular weight is 291 g/mol. The summed E-state index contributed by atoms with van der Waals surface area (Å²) in [7, 11) is 1.55. The minimum Gasteiger partial charge on any atom is -0.495 e. The number of ether oxygens (including phenoxy) is 1. The van der Waals surface area contributed by atoms with E-state index in [1.165, 1.54) is 0 Å². The molecule has 1 aromatic rings. The normalized spacial score (nSPS) is 15.8. The second-order valence-electron chi connectivity index (χ2n) is 5.40. The van der Waals surface area contributed by atoms with E-state index < -0.39 is 11.8 Å². The minimum atomic E-state index is -0.454. The van der Waals surface area contributed by atoms with Crippen molar-refractivity contribution in [1.82, 2.24) is 9.80 Å². The third-order valence-corrected chi connectivity index (χ3v) is 3.63. The Morgan fingerprint density at radius 1 is 1.24 bits per heavy atom. The van der Waals surface area contributed by atoms with Crippen molar-refractivity contribution >= 4 is 17.5 Å². The lowest BCUT2D eigenvalue weighted by molar-refractivity contribution is -0.157. The van der Waals surface area contributed by atoms with E-state index in [1.807, 2.05) is 19.9 Å². The molecular weight excluding hydrogens is 270 g/mol. The Hall–Kier alpha value is -2.24. The number of benzene rings is 1. The second-order valence-corrected chi connectivity index (χ2v) is 5.40. The molecule has 0 bridgehead atoms. The van der Waals surface area contributed by atoms with Crippen LogP contribution in [0, 0.1) is 0 Å². The lowest BCUT2D eigenvalue weighted by atomic mass is 10.1. The van der Waals surface area contributed by atoms with Crippen LogP contribution in [0.5, 0.6) is 5.75 Å². The Morgan fingerprint density at radius 2 is 1.95 bits per heavy atom. The van der Waals surface area contributed by atoms with Gasteiger partial charge in [0.15, 0.2) is 0 Å². The van der Waals surface area contributed by atoms with Crippen LogP contribution in [0.25, 0.3) is 0 Å². The van der Waals surface area contributed by atoms with Gasteiger partial charge in [0.2, 0.25) is 0 Å². The number of nitrogens with two attached hydrogens (primary N) is 1. The zero-order valence-corrected chi connectivity index (χ0v) is 12.6. The summed E-state index contributed by atoms with van der Waals surface area (Å²) in [4.78, 5) is 27.3. The number of carbonyl (C=O) groups excluding carboxylic acids is 2. The van der Waals surface area contributed by atoms with Gasteiger partial charge < -0.3 is 20.3 Å². The predicted molar refractivity (Wildman–Crippen MR) is 79.7 cm³/mol. The molecule has 2 N–H and O–H groups in total. The molecule has 1 aliphatic heterocycles. The lowest BCUT2D eigenvalue weighted by Crippen LogP contribution is -2.55. The van der Waals surface area contributed by atoms with Gasteiger partial charge in [0, 0.05) is 25.7 Å². The largest absolute Gasteiger partial charge is 0.495 e. The number of rotatable bonds is 4. The quantitative estimate of drug-likeness (QED) is 0.659. The van der Waals surface area contributed by atoms with E-state index in [0.717, 1.165) is 5.56 Å². The number of nitrogens with zero attached hydrogens (tertiary/aromatic N) is 2. The zero-order chi connectivity index (χ0) is 15.6. The van der Waals surface area contributed by atoms with Gasteiger partial charge in [-0.15, -0.1) is 0 Å². The fourth-order valence-corrected chi connectivity index (χ4v) is 2.44. The summed E-state index contributed by atoms with van der Waals surface area (Å²) >= 11 is 0. The average Bonchev–Trinajstić information content (AvgIpc) is 2.44. The molecule has 6 nitrogen and oxygen atoms in total. The van der Waals surface area contributed by atoms with Crippen LogP contribution in [-0.2, 0) is 16.1 Å². The monoisotopic (exact) mass is 291 g/mol. The second kappa shape index (κ2) is 6.03. The summed E-state index contributed by atoms with van der Waals surface area (Å²) in [6.07, 6.45) is 0. The van der Waals surface area contributed by atoms with Gasteiger partial charge in [0.25, 0.3) is 0 Å². The van der Waals surface area contributed by atoms with Gasteiger partial charge in [-0.2, -0.15) is 0 Å². The molecule has 1 heterocycles. The number of methoxy groups -OCH3 is 1. The summed E-state index contributed by atoms with van der Waals surface area (Å²) in [6, 6.07) is 5.43. The van der Waals surface area contributed by atoms with Gasteiger partial charge in [0.05, 0.1) is 12.8 Å². The smallest absolute Gasteiger partial charge is 0.312 e. The Balaban J connectivity index is 2.09. The first-order valence-corrected chi connectivity index (χ1v) is 6.96. The van der Waals surface area contributed by atoms with Gasteiger partial charge in [-0.3, -0.25) is 9.59 Å². The number of hydrogen-bond donors (Lipinski definition) is 1. The number of hydrogen-bond acceptors (Lipinski definition) is 4. The molecule has 0 radical (unpaired) electrons. The van der Waals surface area contributed by atoms with E-state index in [0.29, 0.717) is 31.1 Å². The van der Waals surface area contributed by atoms with Crippen molar-refractivity contribution in [2.24, 2.45) is 0 Å². The lowest BCUT2D eigenvalue weighted by Gasteiger charge is -2.36. The van der Waals surface area contributed by atoms with E-state index in [-0.39, 0.29) is 6.04 Å². The first-order chi connectivity index (χ1) is 9.93. The maximum absolute atomic E-state index is 12.1. The number of nitrogen functional groups attached to an aromatic ring is 1. The topological polar surface area (TPSA) is 75.9 Å². The molecule has 0 atom stereocenters. The van der Waals surface area contributed by atoms with Crippen molar-refractivity contribution in [3.63, 3.8) is 0 Å². The summed E-state index contributed by atoms with van der Waals surface area (Å²) in [6.45, 7) is 5.29. The molecule has 1 aliphatic rings. The fourth-order valence-electron chi connectivity index (χ4n) is 2.44. The highest BCUT2D eigenvalue weighted by Crippen LogP contribution is 2.23. The van der Waals surface area contributed by atoms with Gasteiger partial charge >= 0.3 is 11.8 Å². The third kappa shape index (κ3) is 3.09. The van der Waals surface area contributed by atoms with Crippen LogP contribution in [0.2, 0.25) is 0 Å². The van der Waals surface area contributed by atoms with E-state index >= 15 is 0 Å². The highest BCUT2D eigenvalue weighted by atomic mass is 16.5. The zero-order valence-electron chi connectivity index (χ0n) is 12.6. The van der Waals surface area contributed by atoms with E-state index in [9.17, 15) is 9.59 Å². The Kier molecular flexibility index (Phi) is 4.35. The van der Waals surface area contributed by atoms with Crippen LogP contribution < -0.4 is 10.5 Å². The van der Waals surface area contributed by atoms with Crippen molar-refractivity contribution < 1.29 is 14.3 Å². The highest BCUT2D eigenvalue weighted by molar-refractivity contribution is 6.35. The summed E-state index contributed by atoms with van der Waals surface area (Å²) in [5, 5.41) is 0. The number of carbonyl (C=O) groups is 2. The van der Waals surface area contributed by atoms with Crippen LogP contribution in [0.3, 0.4) is 0 Å². The summed E-state index contributed by atoms with van der Waals surface area (Å²) in [5.41, 5.74) is 7.26. The highest BCUT2D eigenvalue weighted by Gasteiger charge is 2.33. The van der Waals surface area contributed by atoms with Gasteiger partial charge in [-0.25, -0.2) is 0 Å². The summed E-state index contributed by atoms with van der Waals surface area (Å²) in [5.74, 6) is -0.284. The molecule has 0 aliphatic carbocycles. The SMILES string of the molecule is COc1ccc(CN2CCN(C(C)C)C(=O)C2=O)cc1N. The van der Waals surface area contributed by atoms with E-state index in [1.54, 1.807) is 29.0 Å². The van der Waals surface area contributed by atoms with Crippen LogP contribution in [0.1, 0.15) is 19.4 Å². The Bertz CT molecular complexity index is 557. The first kappa shape index (κ1) is 15.2. The van der Waals surface area contributed by atoms with Crippen LogP contribution >= 0.6 is 0 Å². The maximum atomic E-state index is 12.1. The predicted octanol–water partition coefficient (Wildman–Crippen LogP) is 0.857. The number of amides is 2. The summed E-state index contributed by atoms with van der Waals surface area (Å²) < 4.78 is 5.10. The van der Waals surface area contributed by atoms with Crippen molar-refractivity contribution in [1.29, 1.82) is 0 Å². The molecular formula is C15H21N3O3.